The summed E-state index contributed by atoms with van der Waals surface area (Å²) in [4.78, 5) is 26.3. The van der Waals surface area contributed by atoms with E-state index in [2.05, 4.69) is 33.4 Å². The Morgan fingerprint density at radius 3 is 2.41 bits per heavy atom. The second-order valence-corrected chi connectivity index (χ2v) is 8.36. The normalized spacial score (nSPS) is 14.6. The van der Waals surface area contributed by atoms with E-state index >= 15 is 0 Å². The van der Waals surface area contributed by atoms with E-state index in [-0.39, 0.29) is 23.4 Å². The molecule has 1 aliphatic heterocycles. The van der Waals surface area contributed by atoms with E-state index in [1.54, 1.807) is 17.0 Å². The summed E-state index contributed by atoms with van der Waals surface area (Å²) in [6.45, 7) is 1.06. The van der Waals surface area contributed by atoms with Gasteiger partial charge in [-0.2, -0.15) is 0 Å². The number of hydrogen-bond acceptors (Lipinski definition) is 2. The predicted octanol–water partition coefficient (Wildman–Crippen LogP) is 4.72. The number of nitrogens with one attached hydrogen (secondary N) is 1. The first-order valence-electron chi connectivity index (χ1n) is 10.1. The molecule has 29 heavy (non-hydrogen) atoms. The molecule has 0 radical (unpaired) electrons. The van der Waals surface area contributed by atoms with Gasteiger partial charge in [-0.05, 0) is 61.9 Å². The van der Waals surface area contributed by atoms with E-state index in [0.29, 0.717) is 32.4 Å². The summed E-state index contributed by atoms with van der Waals surface area (Å²) in [5.74, 6) is -0.698. The molecule has 0 aromatic heterocycles. The summed E-state index contributed by atoms with van der Waals surface area (Å²) in [5, 5.41) is 3.08. The van der Waals surface area contributed by atoms with Crippen LogP contribution < -0.4 is 5.32 Å². The van der Waals surface area contributed by atoms with Crippen molar-refractivity contribution in [2.24, 2.45) is 0 Å². The van der Waals surface area contributed by atoms with Gasteiger partial charge in [0.1, 0.15) is 5.82 Å². The fourth-order valence-corrected chi connectivity index (χ4v) is 3.86. The SMILES string of the molecule is O=C(CCCCc1ccc(Br)cc1)NC1CCN(C(=O)c2ccccc2F)CC1. The maximum Gasteiger partial charge on any atom is 0.256 e. The Morgan fingerprint density at radius 1 is 1.03 bits per heavy atom. The van der Waals surface area contributed by atoms with Crippen LogP contribution in [-0.4, -0.2) is 35.8 Å². The number of unbranched alkanes of at least 4 members (excludes halogenated alkanes) is 1. The molecule has 1 N–H and O–H groups in total. The minimum atomic E-state index is -0.490. The van der Waals surface area contributed by atoms with Crippen molar-refractivity contribution in [2.75, 3.05) is 13.1 Å². The van der Waals surface area contributed by atoms with Gasteiger partial charge in [-0.25, -0.2) is 4.39 Å². The minimum absolute atomic E-state index is 0.0692. The number of aryl methyl sites for hydroxylation is 1. The molecule has 2 aromatic rings. The van der Waals surface area contributed by atoms with Gasteiger partial charge in [-0.1, -0.05) is 40.2 Å². The van der Waals surface area contributed by atoms with Gasteiger partial charge in [-0.3, -0.25) is 9.59 Å². The van der Waals surface area contributed by atoms with Gasteiger partial charge in [0.2, 0.25) is 5.91 Å². The fraction of sp³-hybridized carbons (Fsp3) is 0.391. The van der Waals surface area contributed by atoms with Gasteiger partial charge in [0.15, 0.2) is 0 Å². The van der Waals surface area contributed by atoms with Gasteiger partial charge in [0, 0.05) is 30.0 Å². The number of carbonyl (C=O) groups excluding carboxylic acids is 2. The Labute approximate surface area is 179 Å². The highest BCUT2D eigenvalue weighted by atomic mass is 79.9. The Bertz CT molecular complexity index is 833. The van der Waals surface area contributed by atoms with E-state index in [1.807, 2.05) is 12.1 Å². The zero-order valence-corrected chi connectivity index (χ0v) is 18.0. The Morgan fingerprint density at radius 2 is 1.72 bits per heavy atom. The lowest BCUT2D eigenvalue weighted by Gasteiger charge is -2.32. The third-order valence-corrected chi connectivity index (χ3v) is 5.81. The third-order valence-electron chi connectivity index (χ3n) is 5.28. The number of amides is 2. The number of nitrogens with zero attached hydrogens (tertiary/aromatic N) is 1. The van der Waals surface area contributed by atoms with Crippen molar-refractivity contribution < 1.29 is 14.0 Å². The molecule has 0 bridgehead atoms. The average molecular weight is 461 g/mol. The first-order valence-corrected chi connectivity index (χ1v) is 10.9. The van der Waals surface area contributed by atoms with Crippen molar-refractivity contribution in [3.05, 3.63) is 69.9 Å². The smallest absolute Gasteiger partial charge is 0.256 e. The molecule has 1 heterocycles. The van der Waals surface area contributed by atoms with Crippen LogP contribution in [0.15, 0.2) is 53.0 Å². The van der Waals surface area contributed by atoms with E-state index in [4.69, 9.17) is 0 Å². The molecule has 4 nitrogen and oxygen atoms in total. The lowest BCUT2D eigenvalue weighted by Crippen LogP contribution is -2.46. The summed E-state index contributed by atoms with van der Waals surface area (Å²) in [6, 6.07) is 14.4. The largest absolute Gasteiger partial charge is 0.353 e. The van der Waals surface area contributed by atoms with Crippen molar-refractivity contribution in [3.63, 3.8) is 0 Å². The molecule has 0 saturated carbocycles. The molecule has 0 atom stereocenters. The van der Waals surface area contributed by atoms with Crippen LogP contribution in [0.3, 0.4) is 0 Å². The third kappa shape index (κ3) is 6.39. The van der Waals surface area contributed by atoms with Gasteiger partial charge >= 0.3 is 0 Å². The molecule has 1 aliphatic rings. The molecule has 1 fully saturated rings. The first kappa shape index (κ1) is 21.5. The quantitative estimate of drug-likeness (QED) is 0.607. The lowest BCUT2D eigenvalue weighted by atomic mass is 10.0. The van der Waals surface area contributed by atoms with Gasteiger partial charge in [-0.15, -0.1) is 0 Å². The van der Waals surface area contributed by atoms with Crippen LogP contribution in [0.25, 0.3) is 0 Å². The molecule has 2 aromatic carbocycles. The van der Waals surface area contributed by atoms with Gasteiger partial charge < -0.3 is 10.2 Å². The Hall–Kier alpha value is -2.21. The molecule has 2 amide bonds. The zero-order chi connectivity index (χ0) is 20.6. The lowest BCUT2D eigenvalue weighted by molar-refractivity contribution is -0.122. The summed E-state index contributed by atoms with van der Waals surface area (Å²) < 4.78 is 14.9. The van der Waals surface area contributed by atoms with Crippen molar-refractivity contribution in [3.8, 4) is 0 Å². The van der Waals surface area contributed by atoms with Crippen LogP contribution in [0, 0.1) is 5.82 Å². The molecule has 154 valence electrons. The number of likely N-dealkylation sites (tertiary alicyclic amines) is 1. The minimum Gasteiger partial charge on any atom is -0.353 e. The summed E-state index contributed by atoms with van der Waals surface area (Å²) in [7, 11) is 0. The van der Waals surface area contributed by atoms with Crippen LogP contribution in [0.4, 0.5) is 4.39 Å². The molecule has 0 spiro atoms. The molecule has 1 saturated heterocycles. The maximum atomic E-state index is 13.8. The summed E-state index contributed by atoms with van der Waals surface area (Å²) in [6.07, 6.45) is 4.72. The van der Waals surface area contributed by atoms with Crippen LogP contribution in [0.2, 0.25) is 0 Å². The number of piperidine rings is 1. The Balaban J connectivity index is 1.34. The molecular weight excluding hydrogens is 435 g/mol. The topological polar surface area (TPSA) is 49.4 Å². The van der Waals surface area contributed by atoms with E-state index in [9.17, 15) is 14.0 Å². The molecule has 0 aliphatic carbocycles. The molecule has 3 rings (SSSR count). The highest BCUT2D eigenvalue weighted by Crippen LogP contribution is 2.17. The molecule has 0 unspecified atom stereocenters. The van der Waals surface area contributed by atoms with E-state index < -0.39 is 5.82 Å². The van der Waals surface area contributed by atoms with Crippen LogP contribution in [0.1, 0.15) is 48.0 Å². The number of rotatable bonds is 7. The molecular formula is C23H26BrFN2O2. The Kier molecular flexibility index (Phi) is 7.81. The average Bonchev–Trinajstić information content (AvgIpc) is 2.73. The van der Waals surface area contributed by atoms with Crippen LogP contribution in [0.5, 0.6) is 0 Å². The van der Waals surface area contributed by atoms with Crippen LogP contribution in [-0.2, 0) is 11.2 Å². The first-order chi connectivity index (χ1) is 14.0. The molecule has 6 heteroatoms. The van der Waals surface area contributed by atoms with Crippen molar-refractivity contribution >= 4 is 27.7 Å². The van der Waals surface area contributed by atoms with Crippen LogP contribution >= 0.6 is 15.9 Å². The van der Waals surface area contributed by atoms with E-state index in [0.717, 1.165) is 23.7 Å². The van der Waals surface area contributed by atoms with Crippen molar-refractivity contribution in [1.29, 1.82) is 0 Å². The number of carbonyl (C=O) groups is 2. The number of hydrogen-bond donors (Lipinski definition) is 1. The fourth-order valence-electron chi connectivity index (χ4n) is 3.60. The van der Waals surface area contributed by atoms with E-state index in [1.165, 1.54) is 17.7 Å². The number of halogens is 2. The second kappa shape index (κ2) is 10.5. The maximum absolute atomic E-state index is 13.8. The van der Waals surface area contributed by atoms with Gasteiger partial charge in [0.05, 0.1) is 5.56 Å². The predicted molar refractivity (Wildman–Crippen MR) is 115 cm³/mol. The highest BCUT2D eigenvalue weighted by Gasteiger charge is 2.25. The monoisotopic (exact) mass is 460 g/mol. The number of benzene rings is 2. The van der Waals surface area contributed by atoms with Crippen molar-refractivity contribution in [1.82, 2.24) is 10.2 Å². The summed E-state index contributed by atoms with van der Waals surface area (Å²) >= 11 is 3.43. The highest BCUT2D eigenvalue weighted by molar-refractivity contribution is 9.10. The second-order valence-electron chi connectivity index (χ2n) is 7.45. The standard InChI is InChI=1S/C23H26BrFN2O2/c24-18-11-9-17(10-12-18)5-1-4-8-22(28)26-19-13-15-27(16-14-19)23(29)20-6-2-3-7-21(20)25/h2-3,6-7,9-12,19H,1,4-5,8,13-16H2,(H,26,28). The van der Waals surface area contributed by atoms with Gasteiger partial charge in [0.25, 0.3) is 5.91 Å². The van der Waals surface area contributed by atoms with Crippen molar-refractivity contribution in [2.45, 2.75) is 44.6 Å². The summed E-state index contributed by atoms with van der Waals surface area (Å²) in [5.41, 5.74) is 1.39. The zero-order valence-electron chi connectivity index (χ0n) is 16.4.